The highest BCUT2D eigenvalue weighted by molar-refractivity contribution is 5.94. The monoisotopic (exact) mass is 360 g/mol. The molecule has 0 fully saturated rings. The lowest BCUT2D eigenvalue weighted by molar-refractivity contribution is -0.385. The topological polar surface area (TPSA) is 99.9 Å². The highest BCUT2D eigenvalue weighted by Crippen LogP contribution is 2.32. The van der Waals surface area contributed by atoms with Gasteiger partial charge in [-0.3, -0.25) is 14.9 Å². The van der Waals surface area contributed by atoms with E-state index in [0.29, 0.717) is 23.8 Å². The summed E-state index contributed by atoms with van der Waals surface area (Å²) >= 11 is 0. The number of hydrogen-bond acceptors (Lipinski definition) is 6. The molecule has 1 N–H and O–H groups in total. The van der Waals surface area contributed by atoms with E-state index >= 15 is 0 Å². The number of methoxy groups -OCH3 is 1. The Morgan fingerprint density at radius 1 is 1.19 bits per heavy atom. The molecule has 0 unspecified atom stereocenters. The van der Waals surface area contributed by atoms with E-state index in [1.165, 1.54) is 25.3 Å². The molecular formula is C18H20N2O6. The molecule has 8 heteroatoms. The lowest BCUT2D eigenvalue weighted by atomic mass is 10.2. The van der Waals surface area contributed by atoms with E-state index in [1.807, 2.05) is 6.92 Å². The van der Waals surface area contributed by atoms with Crippen LogP contribution in [-0.4, -0.2) is 30.7 Å². The second-order valence-electron chi connectivity index (χ2n) is 5.30. The van der Waals surface area contributed by atoms with Crippen LogP contribution >= 0.6 is 0 Å². The number of hydrogen-bond donors (Lipinski definition) is 1. The second-order valence-corrected chi connectivity index (χ2v) is 5.30. The van der Waals surface area contributed by atoms with E-state index in [-0.39, 0.29) is 11.4 Å². The molecule has 138 valence electrons. The molecule has 0 aliphatic heterocycles. The quantitative estimate of drug-likeness (QED) is 0.572. The SMILES string of the molecule is CCOc1ccc(NC(=O)[C@H](C)Oc2cc([N+](=O)[O-])ccc2OC)cc1. The summed E-state index contributed by atoms with van der Waals surface area (Å²) in [4.78, 5) is 22.7. The Labute approximate surface area is 150 Å². The van der Waals surface area contributed by atoms with Crippen LogP contribution in [0, 0.1) is 10.1 Å². The number of non-ortho nitro benzene ring substituents is 1. The van der Waals surface area contributed by atoms with Crippen molar-refractivity contribution in [3.05, 3.63) is 52.6 Å². The number of nitrogens with one attached hydrogen (secondary N) is 1. The van der Waals surface area contributed by atoms with E-state index < -0.39 is 16.9 Å². The molecule has 0 spiro atoms. The van der Waals surface area contributed by atoms with E-state index in [1.54, 1.807) is 31.2 Å². The number of carbonyl (C=O) groups excluding carboxylic acids is 1. The van der Waals surface area contributed by atoms with Gasteiger partial charge >= 0.3 is 0 Å². The third kappa shape index (κ3) is 4.85. The number of amides is 1. The van der Waals surface area contributed by atoms with Crippen LogP contribution in [0.5, 0.6) is 17.2 Å². The minimum Gasteiger partial charge on any atom is -0.494 e. The summed E-state index contributed by atoms with van der Waals surface area (Å²) in [5.74, 6) is 0.728. The highest BCUT2D eigenvalue weighted by atomic mass is 16.6. The summed E-state index contributed by atoms with van der Waals surface area (Å²) in [6.45, 7) is 3.99. The first-order chi connectivity index (χ1) is 12.4. The Bertz CT molecular complexity index is 776. The van der Waals surface area contributed by atoms with E-state index in [0.717, 1.165) is 0 Å². The molecule has 0 radical (unpaired) electrons. The number of carbonyl (C=O) groups is 1. The molecular weight excluding hydrogens is 340 g/mol. The van der Waals surface area contributed by atoms with Crippen molar-refractivity contribution in [1.29, 1.82) is 0 Å². The first kappa shape index (κ1) is 19.0. The molecule has 0 aromatic heterocycles. The maximum Gasteiger partial charge on any atom is 0.273 e. The van der Waals surface area contributed by atoms with Gasteiger partial charge in [-0.25, -0.2) is 0 Å². The van der Waals surface area contributed by atoms with Crippen LogP contribution in [0.1, 0.15) is 13.8 Å². The Morgan fingerprint density at radius 3 is 2.46 bits per heavy atom. The number of nitrogens with zero attached hydrogens (tertiary/aromatic N) is 1. The van der Waals surface area contributed by atoms with E-state index in [9.17, 15) is 14.9 Å². The van der Waals surface area contributed by atoms with Gasteiger partial charge in [-0.2, -0.15) is 0 Å². The zero-order valence-corrected chi connectivity index (χ0v) is 14.7. The molecule has 0 saturated heterocycles. The maximum absolute atomic E-state index is 12.3. The van der Waals surface area contributed by atoms with E-state index in [4.69, 9.17) is 14.2 Å². The number of benzene rings is 2. The zero-order valence-electron chi connectivity index (χ0n) is 14.7. The third-order valence-electron chi connectivity index (χ3n) is 3.46. The molecule has 2 aromatic rings. The standard InChI is InChI=1S/C18H20N2O6/c1-4-25-15-8-5-13(6-9-15)19-18(21)12(2)26-17-11-14(20(22)23)7-10-16(17)24-3/h5-12H,4H2,1-3H3,(H,19,21)/t12-/m0/s1. The van der Waals surface area contributed by atoms with Crippen molar-refractivity contribution in [3.8, 4) is 17.2 Å². The summed E-state index contributed by atoms with van der Waals surface area (Å²) in [6.07, 6.45) is -0.891. The van der Waals surface area contributed by atoms with Gasteiger partial charge in [-0.05, 0) is 44.2 Å². The second kappa shape index (κ2) is 8.70. The van der Waals surface area contributed by atoms with Gasteiger partial charge in [0.25, 0.3) is 11.6 Å². The number of rotatable bonds is 8. The van der Waals surface area contributed by atoms with Gasteiger partial charge in [0.05, 0.1) is 24.7 Å². The first-order valence-electron chi connectivity index (χ1n) is 7.97. The maximum atomic E-state index is 12.3. The molecule has 0 heterocycles. The predicted molar refractivity (Wildman–Crippen MR) is 96.0 cm³/mol. The molecule has 0 aliphatic rings. The Hall–Kier alpha value is -3.29. The lowest BCUT2D eigenvalue weighted by Crippen LogP contribution is -2.30. The summed E-state index contributed by atoms with van der Waals surface area (Å²) in [6, 6.07) is 10.9. The molecule has 2 aromatic carbocycles. The average molecular weight is 360 g/mol. The van der Waals surface area contributed by atoms with Crippen LogP contribution in [0.4, 0.5) is 11.4 Å². The minimum absolute atomic E-state index is 0.121. The van der Waals surface area contributed by atoms with E-state index in [2.05, 4.69) is 5.32 Å². The van der Waals surface area contributed by atoms with Gasteiger partial charge in [-0.15, -0.1) is 0 Å². The fourth-order valence-electron chi connectivity index (χ4n) is 2.16. The zero-order chi connectivity index (χ0) is 19.1. The van der Waals surface area contributed by atoms with Crippen molar-refractivity contribution in [2.45, 2.75) is 20.0 Å². The largest absolute Gasteiger partial charge is 0.494 e. The summed E-state index contributed by atoms with van der Waals surface area (Å²) < 4.78 is 16.0. The van der Waals surface area contributed by atoms with Gasteiger partial charge < -0.3 is 19.5 Å². The predicted octanol–water partition coefficient (Wildman–Crippen LogP) is 3.41. The van der Waals surface area contributed by atoms with Crippen LogP contribution in [-0.2, 0) is 4.79 Å². The van der Waals surface area contributed by atoms with Gasteiger partial charge in [0.2, 0.25) is 0 Å². The Balaban J connectivity index is 2.06. The van der Waals surface area contributed by atoms with Crippen molar-refractivity contribution < 1.29 is 23.9 Å². The van der Waals surface area contributed by atoms with Crippen molar-refractivity contribution in [2.75, 3.05) is 19.0 Å². The molecule has 0 saturated carbocycles. The molecule has 2 rings (SSSR count). The van der Waals surface area contributed by atoms with Crippen LogP contribution in [0.2, 0.25) is 0 Å². The third-order valence-corrected chi connectivity index (χ3v) is 3.46. The highest BCUT2D eigenvalue weighted by Gasteiger charge is 2.19. The molecule has 0 bridgehead atoms. The smallest absolute Gasteiger partial charge is 0.273 e. The van der Waals surface area contributed by atoms with Crippen molar-refractivity contribution >= 4 is 17.3 Å². The van der Waals surface area contributed by atoms with Crippen molar-refractivity contribution in [1.82, 2.24) is 0 Å². The van der Waals surface area contributed by atoms with Crippen LogP contribution in [0.3, 0.4) is 0 Å². The number of nitro benzene ring substituents is 1. The average Bonchev–Trinajstić information content (AvgIpc) is 2.63. The Kier molecular flexibility index (Phi) is 6.37. The van der Waals surface area contributed by atoms with Gasteiger partial charge in [0, 0.05) is 11.8 Å². The number of ether oxygens (including phenoxy) is 3. The number of anilines is 1. The molecule has 0 aliphatic carbocycles. The fraction of sp³-hybridized carbons (Fsp3) is 0.278. The minimum atomic E-state index is -0.891. The first-order valence-corrected chi connectivity index (χ1v) is 7.97. The van der Waals surface area contributed by atoms with Crippen LogP contribution in [0.25, 0.3) is 0 Å². The molecule has 26 heavy (non-hydrogen) atoms. The molecule has 8 nitrogen and oxygen atoms in total. The van der Waals surface area contributed by atoms with Crippen LogP contribution in [0.15, 0.2) is 42.5 Å². The fourth-order valence-corrected chi connectivity index (χ4v) is 2.16. The van der Waals surface area contributed by atoms with Gasteiger partial charge in [0.15, 0.2) is 17.6 Å². The van der Waals surface area contributed by atoms with Crippen LogP contribution < -0.4 is 19.5 Å². The molecule has 1 amide bonds. The molecule has 1 atom stereocenters. The van der Waals surface area contributed by atoms with Gasteiger partial charge in [-0.1, -0.05) is 0 Å². The Morgan fingerprint density at radius 2 is 1.88 bits per heavy atom. The summed E-state index contributed by atoms with van der Waals surface area (Å²) in [5, 5.41) is 13.6. The summed E-state index contributed by atoms with van der Waals surface area (Å²) in [5.41, 5.74) is 0.430. The lowest BCUT2D eigenvalue weighted by Gasteiger charge is -2.16. The van der Waals surface area contributed by atoms with Crippen molar-refractivity contribution in [2.24, 2.45) is 0 Å². The van der Waals surface area contributed by atoms with Crippen molar-refractivity contribution in [3.63, 3.8) is 0 Å². The summed E-state index contributed by atoms with van der Waals surface area (Å²) in [7, 11) is 1.42. The van der Waals surface area contributed by atoms with Gasteiger partial charge in [0.1, 0.15) is 5.75 Å². The normalized spacial score (nSPS) is 11.3. The number of nitro groups is 1.